The fraction of sp³-hybridized carbons (Fsp3) is 0.444. The number of benzene rings is 2. The molecule has 0 unspecified atom stereocenters. The van der Waals surface area contributed by atoms with Crippen LogP contribution in [0.4, 0.5) is 0 Å². The van der Waals surface area contributed by atoms with E-state index in [9.17, 15) is 39.0 Å². The molecule has 52 heavy (non-hydrogen) atoms. The first kappa shape index (κ1) is 37.8. The molecule has 2 aromatic carbocycles. The Kier molecular flexibility index (Phi) is 12.5. The molecular weight excluding hydrogens is 672 g/mol. The zero-order valence-corrected chi connectivity index (χ0v) is 28.9. The van der Waals surface area contributed by atoms with Crippen LogP contribution in [0.5, 0.6) is 5.75 Å². The van der Waals surface area contributed by atoms with E-state index in [0.717, 1.165) is 10.9 Å². The number of rotatable bonds is 8. The Balaban J connectivity index is 1.51. The summed E-state index contributed by atoms with van der Waals surface area (Å²) >= 11 is 0. The van der Waals surface area contributed by atoms with E-state index >= 15 is 0 Å². The molecule has 3 heterocycles. The zero-order valence-electron chi connectivity index (χ0n) is 28.9. The second-order valence-electron chi connectivity index (χ2n) is 13.2. The number of phenolic OH excluding ortho intramolecular Hbond substituents is 1. The molecule has 0 aliphatic carbocycles. The number of amides is 6. The Morgan fingerprint density at radius 2 is 1.38 bits per heavy atom. The summed E-state index contributed by atoms with van der Waals surface area (Å²) in [6.07, 6.45) is 2.85. The van der Waals surface area contributed by atoms with Gasteiger partial charge < -0.3 is 52.4 Å². The van der Waals surface area contributed by atoms with E-state index in [2.05, 4.69) is 31.6 Å². The lowest BCUT2D eigenvalue weighted by Gasteiger charge is -2.30. The maximum Gasteiger partial charge on any atom is 0.245 e. The summed E-state index contributed by atoms with van der Waals surface area (Å²) in [6, 6.07) is 6.22. The Labute approximate surface area is 300 Å². The van der Waals surface area contributed by atoms with Crippen molar-refractivity contribution in [3.8, 4) is 5.75 Å². The number of phenols is 1. The number of carbonyl (C=O) groups excluding carboxylic acids is 6. The summed E-state index contributed by atoms with van der Waals surface area (Å²) in [5.41, 5.74) is 7.85. The number of fused-ring (bicyclic) bond motifs is 2. The first-order valence-corrected chi connectivity index (χ1v) is 17.4. The molecule has 6 atom stereocenters. The van der Waals surface area contributed by atoms with Crippen molar-refractivity contribution in [2.45, 2.75) is 81.7 Å². The maximum absolute atomic E-state index is 14.0. The monoisotopic (exact) mass is 718 g/mol. The van der Waals surface area contributed by atoms with Crippen LogP contribution in [0.15, 0.2) is 54.7 Å². The van der Waals surface area contributed by atoms with Gasteiger partial charge in [0.05, 0.1) is 6.61 Å². The molecule has 2 aliphatic heterocycles. The summed E-state index contributed by atoms with van der Waals surface area (Å²) < 4.78 is 0. The highest BCUT2D eigenvalue weighted by Gasteiger charge is 2.39. The van der Waals surface area contributed by atoms with Crippen LogP contribution >= 0.6 is 0 Å². The van der Waals surface area contributed by atoms with Gasteiger partial charge in [0, 0.05) is 36.5 Å². The van der Waals surface area contributed by atoms with E-state index in [1.165, 1.54) is 24.0 Å². The quantitative estimate of drug-likeness (QED) is 0.136. The molecule has 10 N–H and O–H groups in total. The predicted molar refractivity (Wildman–Crippen MR) is 189 cm³/mol. The van der Waals surface area contributed by atoms with Crippen molar-refractivity contribution in [3.63, 3.8) is 0 Å². The normalized spacial score (nSPS) is 25.3. The number of hydrogen-bond donors (Lipinski definition) is 9. The Morgan fingerprint density at radius 1 is 0.769 bits per heavy atom. The van der Waals surface area contributed by atoms with Gasteiger partial charge in [-0.3, -0.25) is 28.8 Å². The van der Waals surface area contributed by atoms with Crippen LogP contribution in [0.25, 0.3) is 10.9 Å². The third-order valence-electron chi connectivity index (χ3n) is 9.45. The summed E-state index contributed by atoms with van der Waals surface area (Å²) in [4.78, 5) is 86.9. The Bertz CT molecular complexity index is 1780. The lowest BCUT2D eigenvalue weighted by Crippen LogP contribution is -2.62. The van der Waals surface area contributed by atoms with Crippen LogP contribution in [-0.4, -0.2) is 111 Å². The number of aliphatic hydroxyl groups excluding tert-OH is 1. The molecule has 278 valence electrons. The molecule has 16 nitrogen and oxygen atoms in total. The standard InChI is InChI=1S/C36H46N8O8/c1-20-36(52)44-15-5-9-30(44)35(51)43-29(19-45)34(50)42-28(17-22-18-38-25-7-3-2-6-24(22)25)33(49)40-26(8-4-14-37)31(47)41-27(32(48)39-20)16-21-10-12-23(46)13-11-21/h2-3,6-7,10-13,18,20,26-30,38,45-46H,4-5,8-9,14-17,19,37H2,1H3,(H,39,48)(H,40,49)(H,41,47)(H,42,50)(H,43,51)/t20-,26-,27-,28-,29-,30+/m0/s1. The van der Waals surface area contributed by atoms with Crippen molar-refractivity contribution in [2.75, 3.05) is 19.7 Å². The van der Waals surface area contributed by atoms with Gasteiger partial charge in [-0.15, -0.1) is 0 Å². The average molecular weight is 719 g/mol. The lowest BCUT2D eigenvalue weighted by atomic mass is 10.0. The number of aromatic amines is 1. The van der Waals surface area contributed by atoms with Gasteiger partial charge in [0.1, 0.15) is 42.0 Å². The smallest absolute Gasteiger partial charge is 0.245 e. The molecule has 0 bridgehead atoms. The van der Waals surface area contributed by atoms with Crippen LogP contribution in [0.1, 0.15) is 43.7 Å². The molecule has 0 saturated carbocycles. The molecule has 2 saturated heterocycles. The molecule has 0 radical (unpaired) electrons. The molecule has 2 aliphatic rings. The average Bonchev–Trinajstić information content (AvgIpc) is 3.79. The summed E-state index contributed by atoms with van der Waals surface area (Å²) in [6.45, 7) is 1.08. The number of nitrogens with two attached hydrogens (primary N) is 1. The predicted octanol–water partition coefficient (Wildman–Crippen LogP) is -1.16. The van der Waals surface area contributed by atoms with E-state index in [1.54, 1.807) is 18.3 Å². The maximum atomic E-state index is 14.0. The molecule has 3 aromatic rings. The van der Waals surface area contributed by atoms with Crippen molar-refractivity contribution in [1.29, 1.82) is 0 Å². The number of H-pyrrole nitrogens is 1. The number of aliphatic hydroxyl groups is 1. The first-order valence-electron chi connectivity index (χ1n) is 17.4. The third-order valence-corrected chi connectivity index (χ3v) is 9.45. The number of para-hydroxylation sites is 1. The van der Waals surface area contributed by atoms with Gasteiger partial charge in [0.25, 0.3) is 0 Å². The highest BCUT2D eigenvalue weighted by molar-refractivity contribution is 5.98. The van der Waals surface area contributed by atoms with Gasteiger partial charge in [-0.2, -0.15) is 0 Å². The summed E-state index contributed by atoms with van der Waals surface area (Å²) in [5, 5.41) is 34.1. The van der Waals surface area contributed by atoms with E-state index in [4.69, 9.17) is 5.73 Å². The second kappa shape index (κ2) is 17.2. The number of aromatic hydroxyl groups is 1. The second-order valence-corrected chi connectivity index (χ2v) is 13.2. The zero-order chi connectivity index (χ0) is 37.4. The highest BCUT2D eigenvalue weighted by Crippen LogP contribution is 2.21. The van der Waals surface area contributed by atoms with Crippen molar-refractivity contribution >= 4 is 46.3 Å². The van der Waals surface area contributed by atoms with Gasteiger partial charge in [-0.05, 0) is 68.5 Å². The van der Waals surface area contributed by atoms with Crippen LogP contribution in [0.2, 0.25) is 0 Å². The Morgan fingerprint density at radius 3 is 2.10 bits per heavy atom. The van der Waals surface area contributed by atoms with Gasteiger partial charge in [-0.1, -0.05) is 30.3 Å². The molecule has 2 fully saturated rings. The van der Waals surface area contributed by atoms with E-state index in [1.807, 2.05) is 24.3 Å². The van der Waals surface area contributed by atoms with Crippen molar-refractivity contribution in [2.24, 2.45) is 5.73 Å². The molecule has 5 rings (SSSR count). The van der Waals surface area contributed by atoms with Crippen LogP contribution in [0.3, 0.4) is 0 Å². The number of nitrogens with one attached hydrogen (secondary N) is 6. The van der Waals surface area contributed by atoms with E-state index < -0.39 is 78.3 Å². The third kappa shape index (κ3) is 9.05. The SMILES string of the molecule is C[C@@H]1NC(=O)[C@H](Cc2ccc(O)cc2)NC(=O)[C@H](CCCN)NC(=O)[C@H](Cc2c[nH]c3ccccc23)NC(=O)[C@H](CO)NC(=O)[C@H]2CCCN2C1=O. The molecule has 6 amide bonds. The number of aromatic nitrogens is 1. The number of nitrogens with zero attached hydrogens (tertiary/aromatic N) is 1. The van der Waals surface area contributed by atoms with Crippen molar-refractivity contribution < 1.29 is 39.0 Å². The fourth-order valence-corrected chi connectivity index (χ4v) is 6.60. The summed E-state index contributed by atoms with van der Waals surface area (Å²) in [5.74, 6) is -4.15. The molecule has 1 aromatic heterocycles. The highest BCUT2D eigenvalue weighted by atomic mass is 16.3. The topological polar surface area (TPSA) is 248 Å². The van der Waals surface area contributed by atoms with Gasteiger partial charge in [0.2, 0.25) is 35.4 Å². The van der Waals surface area contributed by atoms with Crippen LogP contribution in [-0.2, 0) is 41.6 Å². The van der Waals surface area contributed by atoms with E-state index in [0.29, 0.717) is 24.0 Å². The lowest BCUT2D eigenvalue weighted by molar-refractivity contribution is -0.142. The minimum Gasteiger partial charge on any atom is -0.508 e. The van der Waals surface area contributed by atoms with Gasteiger partial charge in [0.15, 0.2) is 0 Å². The van der Waals surface area contributed by atoms with Gasteiger partial charge >= 0.3 is 0 Å². The molecular formula is C36H46N8O8. The fourth-order valence-electron chi connectivity index (χ4n) is 6.60. The molecule has 0 spiro atoms. The largest absolute Gasteiger partial charge is 0.508 e. The minimum atomic E-state index is -1.46. The summed E-state index contributed by atoms with van der Waals surface area (Å²) in [7, 11) is 0. The number of carbonyl (C=O) groups is 6. The van der Waals surface area contributed by atoms with Crippen LogP contribution < -0.4 is 32.3 Å². The first-order chi connectivity index (χ1) is 25.0. The Hall–Kier alpha value is -5.48. The van der Waals surface area contributed by atoms with Crippen LogP contribution in [0, 0.1) is 0 Å². The van der Waals surface area contributed by atoms with Gasteiger partial charge in [-0.25, -0.2) is 0 Å². The van der Waals surface area contributed by atoms with Crippen molar-refractivity contribution in [1.82, 2.24) is 36.5 Å². The number of hydrogen-bond acceptors (Lipinski definition) is 9. The van der Waals surface area contributed by atoms with Crippen molar-refractivity contribution in [3.05, 3.63) is 65.9 Å². The van der Waals surface area contributed by atoms with E-state index in [-0.39, 0.29) is 44.5 Å². The minimum absolute atomic E-state index is 0.00882. The molecule has 16 heteroatoms.